The lowest BCUT2D eigenvalue weighted by atomic mass is 9.79. The number of ether oxygens (including phenoxy) is 3. The maximum atomic E-state index is 9.35. The van der Waals surface area contributed by atoms with Crippen molar-refractivity contribution in [3.63, 3.8) is 0 Å². The number of hydrogen-bond donors (Lipinski definition) is 0. The monoisotopic (exact) mass is 486 g/mol. The standard InChI is InChI=1S/C29H34N4O3/c1-28(2,3)33-19-26(31-32-30)27(20-33)36-29(21-9-7-6-8-10-21,22-11-15-24(34-4)16-12-22)23-13-17-25(35-5)18-14-23/h6-18,26-27H,19-20H2,1-5H3/t26-,27+/m1/s1. The molecule has 3 aromatic carbocycles. The van der Waals surface area contributed by atoms with Crippen LogP contribution in [0.2, 0.25) is 0 Å². The van der Waals surface area contributed by atoms with Crippen LogP contribution in [0, 0.1) is 0 Å². The summed E-state index contributed by atoms with van der Waals surface area (Å²) in [5.74, 6) is 1.53. The molecule has 2 atom stereocenters. The number of methoxy groups -OCH3 is 2. The molecule has 36 heavy (non-hydrogen) atoms. The van der Waals surface area contributed by atoms with Crippen molar-refractivity contribution in [2.75, 3.05) is 27.3 Å². The van der Waals surface area contributed by atoms with Crippen LogP contribution in [0.5, 0.6) is 11.5 Å². The normalized spacial score (nSPS) is 18.5. The first-order valence-electron chi connectivity index (χ1n) is 12.1. The second kappa shape index (κ2) is 10.6. The van der Waals surface area contributed by atoms with Gasteiger partial charge in [-0.3, -0.25) is 4.90 Å². The van der Waals surface area contributed by atoms with E-state index < -0.39 is 5.60 Å². The van der Waals surface area contributed by atoms with Gasteiger partial charge in [0.05, 0.1) is 26.4 Å². The van der Waals surface area contributed by atoms with Gasteiger partial charge in [-0.1, -0.05) is 59.7 Å². The zero-order valence-corrected chi connectivity index (χ0v) is 21.6. The second-order valence-corrected chi connectivity index (χ2v) is 10.0. The first kappa shape index (κ1) is 25.6. The minimum Gasteiger partial charge on any atom is -0.497 e. The Morgan fingerprint density at radius 1 is 0.778 bits per heavy atom. The molecule has 0 spiro atoms. The summed E-state index contributed by atoms with van der Waals surface area (Å²) < 4.78 is 18.1. The van der Waals surface area contributed by atoms with Gasteiger partial charge in [-0.05, 0) is 67.3 Å². The Labute approximate surface area is 213 Å². The summed E-state index contributed by atoms with van der Waals surface area (Å²) in [4.78, 5) is 5.48. The molecular weight excluding hydrogens is 452 g/mol. The van der Waals surface area contributed by atoms with Crippen LogP contribution in [0.1, 0.15) is 37.5 Å². The molecular formula is C29H34N4O3. The van der Waals surface area contributed by atoms with Gasteiger partial charge in [-0.25, -0.2) is 0 Å². The molecule has 7 nitrogen and oxygen atoms in total. The van der Waals surface area contributed by atoms with E-state index in [4.69, 9.17) is 14.2 Å². The van der Waals surface area contributed by atoms with Crippen LogP contribution in [0.25, 0.3) is 10.4 Å². The summed E-state index contributed by atoms with van der Waals surface area (Å²) in [5.41, 5.74) is 11.2. The third-order valence-corrected chi connectivity index (χ3v) is 6.89. The van der Waals surface area contributed by atoms with E-state index in [0.717, 1.165) is 28.2 Å². The van der Waals surface area contributed by atoms with Gasteiger partial charge < -0.3 is 14.2 Å². The third-order valence-electron chi connectivity index (χ3n) is 6.89. The summed E-state index contributed by atoms with van der Waals surface area (Å²) >= 11 is 0. The maximum absolute atomic E-state index is 9.35. The fraction of sp³-hybridized carbons (Fsp3) is 0.379. The largest absolute Gasteiger partial charge is 0.497 e. The summed E-state index contributed by atoms with van der Waals surface area (Å²) in [6.45, 7) is 7.78. The average molecular weight is 487 g/mol. The highest BCUT2D eigenvalue weighted by Crippen LogP contribution is 2.44. The lowest BCUT2D eigenvalue weighted by Gasteiger charge is -2.39. The Hall–Kier alpha value is -3.51. The minimum absolute atomic E-state index is 0.0863. The zero-order valence-electron chi connectivity index (χ0n) is 21.6. The van der Waals surface area contributed by atoms with Gasteiger partial charge in [0.1, 0.15) is 17.1 Å². The number of azide groups is 1. The van der Waals surface area contributed by atoms with E-state index in [9.17, 15) is 5.53 Å². The van der Waals surface area contributed by atoms with Crippen molar-refractivity contribution >= 4 is 0 Å². The first-order chi connectivity index (χ1) is 17.3. The predicted octanol–water partition coefficient (Wildman–Crippen LogP) is 6.17. The Balaban J connectivity index is 1.92. The lowest BCUT2D eigenvalue weighted by Crippen LogP contribution is -2.42. The molecule has 0 radical (unpaired) electrons. The number of nitrogens with zero attached hydrogens (tertiary/aromatic N) is 4. The molecule has 3 aromatic rings. The molecule has 0 N–H and O–H groups in total. The van der Waals surface area contributed by atoms with E-state index in [1.165, 1.54) is 0 Å². The van der Waals surface area contributed by atoms with E-state index >= 15 is 0 Å². The lowest BCUT2D eigenvalue weighted by molar-refractivity contribution is -0.0499. The molecule has 0 amide bonds. The average Bonchev–Trinajstić information content (AvgIpc) is 3.31. The topological polar surface area (TPSA) is 79.7 Å². The van der Waals surface area contributed by atoms with Crippen molar-refractivity contribution < 1.29 is 14.2 Å². The predicted molar refractivity (Wildman–Crippen MR) is 141 cm³/mol. The Kier molecular flexibility index (Phi) is 7.55. The molecule has 0 aromatic heterocycles. The molecule has 1 saturated heterocycles. The van der Waals surface area contributed by atoms with Crippen molar-refractivity contribution in [1.82, 2.24) is 4.90 Å². The minimum atomic E-state index is -0.957. The van der Waals surface area contributed by atoms with Gasteiger partial charge in [0, 0.05) is 23.5 Å². The van der Waals surface area contributed by atoms with Crippen LogP contribution >= 0.6 is 0 Å². The summed E-state index contributed by atoms with van der Waals surface area (Å²) in [6, 6.07) is 25.8. The number of rotatable bonds is 8. The number of benzene rings is 3. The van der Waals surface area contributed by atoms with E-state index in [0.29, 0.717) is 13.1 Å². The smallest absolute Gasteiger partial charge is 0.144 e. The van der Waals surface area contributed by atoms with Crippen LogP contribution in [-0.4, -0.2) is 49.9 Å². The maximum Gasteiger partial charge on any atom is 0.144 e. The third kappa shape index (κ3) is 5.05. The molecule has 0 aliphatic carbocycles. The Bertz CT molecular complexity index is 1140. The Morgan fingerprint density at radius 2 is 1.28 bits per heavy atom. The molecule has 1 aliphatic rings. The quantitative estimate of drug-likeness (QED) is 0.165. The molecule has 0 unspecified atom stereocenters. The van der Waals surface area contributed by atoms with Gasteiger partial charge in [-0.2, -0.15) is 0 Å². The van der Waals surface area contributed by atoms with Gasteiger partial charge >= 0.3 is 0 Å². The van der Waals surface area contributed by atoms with Crippen LogP contribution in [0.15, 0.2) is 84.0 Å². The van der Waals surface area contributed by atoms with Crippen molar-refractivity contribution in [2.45, 2.75) is 44.1 Å². The van der Waals surface area contributed by atoms with Gasteiger partial charge in [0.15, 0.2) is 0 Å². The highest BCUT2D eigenvalue weighted by atomic mass is 16.5. The van der Waals surface area contributed by atoms with E-state index in [1.807, 2.05) is 66.7 Å². The van der Waals surface area contributed by atoms with Crippen LogP contribution in [0.3, 0.4) is 0 Å². The molecule has 4 rings (SSSR count). The summed E-state index contributed by atoms with van der Waals surface area (Å²) in [7, 11) is 3.31. The molecule has 1 heterocycles. The van der Waals surface area contributed by atoms with Crippen LogP contribution < -0.4 is 9.47 Å². The summed E-state index contributed by atoms with van der Waals surface area (Å²) in [5, 5.41) is 4.16. The van der Waals surface area contributed by atoms with E-state index in [-0.39, 0.29) is 17.7 Å². The second-order valence-electron chi connectivity index (χ2n) is 10.0. The summed E-state index contributed by atoms with van der Waals surface area (Å²) in [6.07, 6.45) is -0.329. The first-order valence-corrected chi connectivity index (χ1v) is 12.1. The van der Waals surface area contributed by atoms with Crippen LogP contribution in [0.4, 0.5) is 0 Å². The van der Waals surface area contributed by atoms with E-state index in [2.05, 4.69) is 47.8 Å². The molecule has 1 aliphatic heterocycles. The van der Waals surface area contributed by atoms with Crippen molar-refractivity contribution in [3.8, 4) is 11.5 Å². The van der Waals surface area contributed by atoms with Gasteiger partial charge in [0.25, 0.3) is 0 Å². The fourth-order valence-electron chi connectivity index (χ4n) is 4.85. The zero-order chi connectivity index (χ0) is 25.8. The van der Waals surface area contributed by atoms with Gasteiger partial charge in [0.2, 0.25) is 0 Å². The molecule has 188 valence electrons. The van der Waals surface area contributed by atoms with Crippen LogP contribution in [-0.2, 0) is 10.3 Å². The number of hydrogen-bond acceptors (Lipinski definition) is 5. The fourth-order valence-corrected chi connectivity index (χ4v) is 4.85. The molecule has 1 fully saturated rings. The van der Waals surface area contributed by atoms with Crippen molar-refractivity contribution in [2.24, 2.45) is 5.11 Å². The highest BCUT2D eigenvalue weighted by Gasteiger charge is 2.46. The SMILES string of the molecule is COc1ccc(C(O[C@H]2CN(C(C)(C)C)C[C@H]2N=[N+]=[N-])(c2ccccc2)c2ccc(OC)cc2)cc1. The number of likely N-dealkylation sites (tertiary alicyclic amines) is 1. The molecule has 7 heteroatoms. The molecule has 0 bridgehead atoms. The Morgan fingerprint density at radius 3 is 1.72 bits per heavy atom. The van der Waals surface area contributed by atoms with Gasteiger partial charge in [-0.15, -0.1) is 0 Å². The highest BCUT2D eigenvalue weighted by molar-refractivity contribution is 5.50. The van der Waals surface area contributed by atoms with E-state index in [1.54, 1.807) is 14.2 Å². The van der Waals surface area contributed by atoms with Crippen molar-refractivity contribution in [3.05, 3.63) is 106 Å². The van der Waals surface area contributed by atoms with Crippen molar-refractivity contribution in [1.29, 1.82) is 0 Å². The molecule has 0 saturated carbocycles.